The molecule has 3 rings (SSSR count). The summed E-state index contributed by atoms with van der Waals surface area (Å²) < 4.78 is 26.8. The molecule has 1 fully saturated rings. The molecule has 11 heteroatoms. The van der Waals surface area contributed by atoms with E-state index in [1.807, 2.05) is 12.1 Å². The second-order valence-electron chi connectivity index (χ2n) is 8.72. The van der Waals surface area contributed by atoms with Crippen molar-refractivity contribution in [2.45, 2.75) is 37.3 Å². The van der Waals surface area contributed by atoms with Gasteiger partial charge in [-0.3, -0.25) is 14.4 Å². The van der Waals surface area contributed by atoms with Crippen molar-refractivity contribution < 1.29 is 18.0 Å². The van der Waals surface area contributed by atoms with Gasteiger partial charge >= 0.3 is 4.87 Å². The lowest BCUT2D eigenvalue weighted by Crippen LogP contribution is -2.52. The van der Waals surface area contributed by atoms with Crippen LogP contribution in [-0.2, 0) is 20.2 Å². The average molecular weight is 481 g/mol. The highest BCUT2D eigenvalue weighted by molar-refractivity contribution is 7.91. The van der Waals surface area contributed by atoms with Crippen molar-refractivity contribution in [3.8, 4) is 0 Å². The van der Waals surface area contributed by atoms with Gasteiger partial charge in [0, 0.05) is 37.4 Å². The van der Waals surface area contributed by atoms with Crippen LogP contribution in [0.15, 0.2) is 33.3 Å². The fraction of sp³-hybridized carbons (Fsp3) is 0.476. The fourth-order valence-corrected chi connectivity index (χ4v) is 6.28. The molecule has 1 aromatic carbocycles. The average Bonchev–Trinajstić information content (AvgIpc) is 3.10. The molecule has 32 heavy (non-hydrogen) atoms. The van der Waals surface area contributed by atoms with Crippen LogP contribution in [0, 0.1) is 6.92 Å². The van der Waals surface area contributed by atoms with Crippen molar-refractivity contribution >= 4 is 33.2 Å². The highest BCUT2D eigenvalue weighted by atomic mass is 32.2. The van der Waals surface area contributed by atoms with Crippen LogP contribution in [0.1, 0.15) is 42.4 Å². The number of carbonyl (C=O) groups excluding carboxylic acids is 2. The van der Waals surface area contributed by atoms with Crippen LogP contribution in [-0.4, -0.2) is 67.1 Å². The van der Waals surface area contributed by atoms with Crippen LogP contribution in [0.3, 0.4) is 0 Å². The van der Waals surface area contributed by atoms with Crippen LogP contribution in [0.4, 0.5) is 0 Å². The Morgan fingerprint density at radius 2 is 1.69 bits per heavy atom. The Morgan fingerprint density at radius 3 is 2.19 bits per heavy atom. The molecule has 0 bridgehead atoms. The van der Waals surface area contributed by atoms with Crippen LogP contribution < -0.4 is 10.2 Å². The molecule has 0 unspecified atom stereocenters. The van der Waals surface area contributed by atoms with Gasteiger partial charge in [-0.2, -0.15) is 4.31 Å². The van der Waals surface area contributed by atoms with Gasteiger partial charge in [0.05, 0.1) is 6.54 Å². The van der Waals surface area contributed by atoms with E-state index in [0.29, 0.717) is 22.6 Å². The van der Waals surface area contributed by atoms with Gasteiger partial charge in [-0.15, -0.1) is 0 Å². The summed E-state index contributed by atoms with van der Waals surface area (Å²) in [5.74, 6) is -0.609. The van der Waals surface area contributed by atoms with E-state index in [9.17, 15) is 22.8 Å². The molecular formula is C21H28N4O5S2. The summed E-state index contributed by atoms with van der Waals surface area (Å²) in [6.07, 6.45) is 0. The van der Waals surface area contributed by atoms with E-state index in [4.69, 9.17) is 0 Å². The molecule has 2 N–H and O–H groups in total. The number of nitrogens with zero attached hydrogens (tertiary/aromatic N) is 2. The number of aromatic nitrogens is 1. The third kappa shape index (κ3) is 5.28. The molecule has 2 aromatic rings. The number of rotatable bonds is 5. The lowest BCUT2D eigenvalue weighted by atomic mass is 9.87. The number of nitrogens with one attached hydrogen (secondary N) is 2. The molecule has 2 amide bonds. The SMILES string of the molecule is Cc1[nH]c(=O)sc1S(=O)(=O)N1CCN(C(=O)CNC(=O)c2ccc(C(C)(C)C)cc2)CC1. The molecule has 2 heterocycles. The van der Waals surface area contributed by atoms with Crippen molar-refractivity contribution in [1.29, 1.82) is 0 Å². The fourth-order valence-electron chi connectivity index (χ4n) is 3.42. The van der Waals surface area contributed by atoms with Crippen molar-refractivity contribution in [2.24, 2.45) is 0 Å². The van der Waals surface area contributed by atoms with E-state index in [2.05, 4.69) is 31.1 Å². The third-order valence-electron chi connectivity index (χ3n) is 5.36. The Balaban J connectivity index is 1.53. The topological polar surface area (TPSA) is 120 Å². The lowest BCUT2D eigenvalue weighted by molar-refractivity contribution is -0.131. The highest BCUT2D eigenvalue weighted by Gasteiger charge is 2.32. The van der Waals surface area contributed by atoms with E-state index < -0.39 is 14.9 Å². The minimum atomic E-state index is -3.78. The Morgan fingerprint density at radius 1 is 1.09 bits per heavy atom. The Labute approximate surface area is 191 Å². The van der Waals surface area contributed by atoms with E-state index in [0.717, 1.165) is 5.56 Å². The van der Waals surface area contributed by atoms with E-state index in [1.165, 1.54) is 9.21 Å². The van der Waals surface area contributed by atoms with Crippen molar-refractivity contribution in [3.05, 3.63) is 50.8 Å². The molecule has 0 radical (unpaired) electrons. The van der Waals surface area contributed by atoms with Gasteiger partial charge in [0.25, 0.3) is 15.9 Å². The maximum atomic E-state index is 12.8. The van der Waals surface area contributed by atoms with Crippen LogP contribution in [0.5, 0.6) is 0 Å². The Bertz CT molecular complexity index is 1150. The molecule has 0 saturated carbocycles. The van der Waals surface area contributed by atoms with Gasteiger partial charge in [-0.1, -0.05) is 44.2 Å². The number of amides is 2. The smallest absolute Gasteiger partial charge is 0.305 e. The number of thiazole rings is 1. The number of hydrogen-bond donors (Lipinski definition) is 2. The summed E-state index contributed by atoms with van der Waals surface area (Å²) in [6.45, 7) is 8.34. The number of carbonyl (C=O) groups is 2. The number of aryl methyl sites for hydroxylation is 1. The first-order valence-corrected chi connectivity index (χ1v) is 12.5. The summed E-state index contributed by atoms with van der Waals surface area (Å²) in [4.78, 5) is 39.9. The minimum Gasteiger partial charge on any atom is -0.343 e. The first-order valence-electron chi connectivity index (χ1n) is 10.3. The Hall–Kier alpha value is -2.50. The zero-order valence-electron chi connectivity index (χ0n) is 18.6. The van der Waals surface area contributed by atoms with Crippen molar-refractivity contribution in [1.82, 2.24) is 19.5 Å². The molecule has 174 valence electrons. The number of H-pyrrole nitrogens is 1. The molecule has 0 spiro atoms. The van der Waals surface area contributed by atoms with Gasteiger partial charge in [0.2, 0.25) is 5.91 Å². The normalized spacial score (nSPS) is 15.6. The zero-order valence-corrected chi connectivity index (χ0v) is 20.2. The lowest BCUT2D eigenvalue weighted by Gasteiger charge is -2.33. The number of benzene rings is 1. The number of hydrogen-bond acceptors (Lipinski definition) is 6. The summed E-state index contributed by atoms with van der Waals surface area (Å²) in [5, 5.41) is 2.63. The molecule has 1 aromatic heterocycles. The summed E-state index contributed by atoms with van der Waals surface area (Å²) in [7, 11) is -3.78. The largest absolute Gasteiger partial charge is 0.343 e. The van der Waals surface area contributed by atoms with E-state index >= 15 is 0 Å². The second kappa shape index (κ2) is 9.16. The van der Waals surface area contributed by atoms with Crippen molar-refractivity contribution in [3.63, 3.8) is 0 Å². The first-order chi connectivity index (χ1) is 14.9. The molecule has 9 nitrogen and oxygen atoms in total. The highest BCUT2D eigenvalue weighted by Crippen LogP contribution is 2.23. The molecule has 1 saturated heterocycles. The predicted octanol–water partition coefficient (Wildman–Crippen LogP) is 1.31. The quantitative estimate of drug-likeness (QED) is 0.669. The number of sulfonamides is 1. The summed E-state index contributed by atoms with van der Waals surface area (Å²) >= 11 is 0.665. The monoisotopic (exact) mass is 480 g/mol. The Kier molecular flexibility index (Phi) is 6.91. The molecule has 0 atom stereocenters. The van der Waals surface area contributed by atoms with Crippen LogP contribution in [0.2, 0.25) is 0 Å². The summed E-state index contributed by atoms with van der Waals surface area (Å²) in [5.41, 5.74) is 1.89. The van der Waals surface area contributed by atoms with Crippen LogP contribution in [0.25, 0.3) is 0 Å². The number of piperazine rings is 1. The van der Waals surface area contributed by atoms with Crippen LogP contribution >= 0.6 is 11.3 Å². The zero-order chi connectivity index (χ0) is 23.7. The maximum absolute atomic E-state index is 12.8. The molecule has 0 aliphatic carbocycles. The molecular weight excluding hydrogens is 452 g/mol. The van der Waals surface area contributed by atoms with Gasteiger partial charge < -0.3 is 15.2 Å². The minimum absolute atomic E-state index is 0.00650. The third-order valence-corrected chi connectivity index (χ3v) is 8.84. The standard InChI is InChI=1S/C21H28N4O5S2/c1-14-19(31-20(28)23-14)32(29,30)25-11-9-24(10-12-25)17(26)13-22-18(27)15-5-7-16(8-6-15)21(2,3)4/h5-8H,9-13H2,1-4H3,(H,22,27)(H,23,28). The number of aromatic amines is 1. The second-order valence-corrected chi connectivity index (χ2v) is 11.8. The first kappa shape index (κ1) is 24.1. The van der Waals surface area contributed by atoms with Crippen molar-refractivity contribution in [2.75, 3.05) is 32.7 Å². The van der Waals surface area contributed by atoms with Gasteiger partial charge in [-0.25, -0.2) is 8.42 Å². The maximum Gasteiger partial charge on any atom is 0.305 e. The summed E-state index contributed by atoms with van der Waals surface area (Å²) in [6, 6.07) is 7.28. The predicted molar refractivity (Wildman–Crippen MR) is 122 cm³/mol. The van der Waals surface area contributed by atoms with E-state index in [1.54, 1.807) is 19.1 Å². The van der Waals surface area contributed by atoms with Gasteiger partial charge in [0.1, 0.15) is 0 Å². The van der Waals surface area contributed by atoms with Gasteiger partial charge in [0.15, 0.2) is 4.21 Å². The van der Waals surface area contributed by atoms with E-state index in [-0.39, 0.29) is 54.2 Å². The van der Waals surface area contributed by atoms with Gasteiger partial charge in [-0.05, 0) is 30.0 Å². The molecule has 1 aliphatic heterocycles. The molecule has 1 aliphatic rings.